The van der Waals surface area contributed by atoms with Crippen LogP contribution in [-0.2, 0) is 0 Å². The molecule has 29 heavy (non-hydrogen) atoms. The average molecular weight is 404 g/mol. The third kappa shape index (κ3) is 3.86. The lowest BCUT2D eigenvalue weighted by molar-refractivity contribution is 0.0993. The number of pyridine rings is 1. The Labute approximate surface area is 173 Å². The van der Waals surface area contributed by atoms with Crippen molar-refractivity contribution in [2.24, 2.45) is 0 Å². The predicted molar refractivity (Wildman–Crippen MR) is 112 cm³/mol. The number of hydrogen-bond acceptors (Lipinski definition) is 6. The number of carbonyl (C=O) groups is 1. The fourth-order valence-corrected chi connectivity index (χ4v) is 4.03. The van der Waals surface area contributed by atoms with E-state index in [2.05, 4.69) is 19.7 Å². The number of rotatable bonds is 6. The Hall–Kier alpha value is -3.19. The van der Waals surface area contributed by atoms with Gasteiger partial charge in [-0.15, -0.1) is 10.2 Å². The zero-order valence-corrected chi connectivity index (χ0v) is 17.2. The van der Waals surface area contributed by atoms with Crippen LogP contribution in [-0.4, -0.2) is 30.8 Å². The van der Waals surface area contributed by atoms with Crippen molar-refractivity contribution in [3.05, 3.63) is 77.9 Å². The van der Waals surface area contributed by atoms with E-state index in [1.807, 2.05) is 63.2 Å². The van der Waals surface area contributed by atoms with Crippen molar-refractivity contribution >= 4 is 17.5 Å². The second kappa shape index (κ2) is 8.05. The standard InChI is InChI=1S/C22H20N4O2S/c1-14-12-19(15(2)26(14)18-9-5-4-6-10-18)20(27)16(3)29-22-25-24-21(28-22)17-8-7-11-23-13-17/h4-13,16H,1-3H3/t16-/m0/s1. The molecule has 0 N–H and O–H groups in total. The van der Waals surface area contributed by atoms with Crippen molar-refractivity contribution in [1.82, 2.24) is 19.7 Å². The molecule has 6 nitrogen and oxygen atoms in total. The Morgan fingerprint density at radius 3 is 2.62 bits per heavy atom. The van der Waals surface area contributed by atoms with Crippen LogP contribution >= 0.6 is 11.8 Å². The van der Waals surface area contributed by atoms with Crippen LogP contribution in [0.2, 0.25) is 0 Å². The molecule has 0 aliphatic rings. The minimum atomic E-state index is -0.359. The first-order valence-electron chi connectivity index (χ1n) is 9.23. The number of Topliss-reactive ketones (excluding diaryl/α,β-unsaturated/α-hetero) is 1. The van der Waals surface area contributed by atoms with Gasteiger partial charge in [-0.05, 0) is 51.1 Å². The predicted octanol–water partition coefficient (Wildman–Crippen LogP) is 4.90. The van der Waals surface area contributed by atoms with Crippen molar-refractivity contribution in [3.8, 4) is 17.1 Å². The van der Waals surface area contributed by atoms with Gasteiger partial charge in [0.1, 0.15) is 0 Å². The molecule has 0 unspecified atom stereocenters. The topological polar surface area (TPSA) is 73.8 Å². The van der Waals surface area contributed by atoms with Crippen LogP contribution in [0.5, 0.6) is 0 Å². The summed E-state index contributed by atoms with van der Waals surface area (Å²) in [5.74, 6) is 0.425. The van der Waals surface area contributed by atoms with Gasteiger partial charge in [0.2, 0.25) is 5.89 Å². The number of aryl methyl sites for hydroxylation is 1. The average Bonchev–Trinajstić information content (AvgIpc) is 3.32. The minimum absolute atomic E-state index is 0.0337. The molecule has 0 saturated carbocycles. The van der Waals surface area contributed by atoms with Gasteiger partial charge >= 0.3 is 0 Å². The molecule has 4 rings (SSSR count). The van der Waals surface area contributed by atoms with Crippen molar-refractivity contribution in [2.45, 2.75) is 31.2 Å². The quantitative estimate of drug-likeness (QED) is 0.336. The minimum Gasteiger partial charge on any atom is -0.411 e. The maximum Gasteiger partial charge on any atom is 0.277 e. The summed E-state index contributed by atoms with van der Waals surface area (Å²) in [4.78, 5) is 17.2. The fraction of sp³-hybridized carbons (Fsp3) is 0.182. The molecule has 0 amide bonds. The maximum absolute atomic E-state index is 13.1. The molecule has 0 aliphatic carbocycles. The van der Waals surface area contributed by atoms with Crippen LogP contribution in [0.25, 0.3) is 17.1 Å². The van der Waals surface area contributed by atoms with Gasteiger partial charge in [0.25, 0.3) is 5.22 Å². The lowest BCUT2D eigenvalue weighted by Gasteiger charge is -2.11. The zero-order valence-electron chi connectivity index (χ0n) is 16.4. The van der Waals surface area contributed by atoms with E-state index in [1.54, 1.807) is 18.5 Å². The fourth-order valence-electron chi connectivity index (χ4n) is 3.27. The van der Waals surface area contributed by atoms with Crippen LogP contribution in [0, 0.1) is 13.8 Å². The van der Waals surface area contributed by atoms with E-state index in [4.69, 9.17) is 4.42 Å². The summed E-state index contributed by atoms with van der Waals surface area (Å²) in [5, 5.41) is 8.12. The van der Waals surface area contributed by atoms with Gasteiger partial charge in [-0.25, -0.2) is 0 Å². The first-order chi connectivity index (χ1) is 14.0. The van der Waals surface area contributed by atoms with E-state index in [1.165, 1.54) is 11.8 Å². The Morgan fingerprint density at radius 2 is 1.90 bits per heavy atom. The number of benzene rings is 1. The first kappa shape index (κ1) is 19.1. The van der Waals surface area contributed by atoms with Crippen LogP contribution in [0.3, 0.4) is 0 Å². The lowest BCUT2D eigenvalue weighted by atomic mass is 10.1. The van der Waals surface area contributed by atoms with Crippen LogP contribution in [0.4, 0.5) is 0 Å². The Balaban J connectivity index is 1.54. The third-order valence-corrected chi connectivity index (χ3v) is 5.61. The molecule has 0 spiro atoms. The van der Waals surface area contributed by atoms with E-state index >= 15 is 0 Å². The first-order valence-corrected chi connectivity index (χ1v) is 10.1. The lowest BCUT2D eigenvalue weighted by Crippen LogP contribution is -2.14. The molecule has 0 saturated heterocycles. The summed E-state index contributed by atoms with van der Waals surface area (Å²) >= 11 is 1.26. The number of nitrogens with zero attached hydrogens (tertiary/aromatic N) is 4. The number of hydrogen-bond donors (Lipinski definition) is 0. The van der Waals surface area contributed by atoms with E-state index in [-0.39, 0.29) is 11.0 Å². The summed E-state index contributed by atoms with van der Waals surface area (Å²) in [5.41, 5.74) is 4.44. The van der Waals surface area contributed by atoms with Crippen LogP contribution < -0.4 is 0 Å². The van der Waals surface area contributed by atoms with E-state index in [0.29, 0.717) is 16.7 Å². The highest BCUT2D eigenvalue weighted by molar-refractivity contribution is 8.00. The zero-order chi connectivity index (χ0) is 20.4. The van der Waals surface area contributed by atoms with Gasteiger partial charge in [0.15, 0.2) is 5.78 Å². The summed E-state index contributed by atoms with van der Waals surface area (Å²) in [6, 6.07) is 15.6. The van der Waals surface area contributed by atoms with Crippen LogP contribution in [0.15, 0.2) is 70.6 Å². The van der Waals surface area contributed by atoms with E-state index < -0.39 is 0 Å². The highest BCUT2D eigenvalue weighted by atomic mass is 32.2. The van der Waals surface area contributed by atoms with Crippen molar-refractivity contribution in [3.63, 3.8) is 0 Å². The molecule has 7 heteroatoms. The molecular formula is C22H20N4O2S. The summed E-state index contributed by atoms with van der Waals surface area (Å²) in [7, 11) is 0. The van der Waals surface area contributed by atoms with Crippen molar-refractivity contribution in [2.75, 3.05) is 0 Å². The Kier molecular flexibility index (Phi) is 5.31. The normalized spacial score (nSPS) is 12.1. The van der Waals surface area contributed by atoms with Gasteiger partial charge in [0.05, 0.1) is 10.8 Å². The van der Waals surface area contributed by atoms with E-state index in [9.17, 15) is 4.79 Å². The number of carbonyl (C=O) groups excluding carboxylic acids is 1. The van der Waals surface area contributed by atoms with Gasteiger partial charge < -0.3 is 8.98 Å². The van der Waals surface area contributed by atoms with Gasteiger partial charge in [-0.1, -0.05) is 30.0 Å². The molecule has 4 aromatic rings. The molecule has 0 radical (unpaired) electrons. The SMILES string of the molecule is Cc1cc(C(=O)[C@H](C)Sc2nnc(-c3cccnc3)o2)c(C)n1-c1ccccc1. The Morgan fingerprint density at radius 1 is 1.10 bits per heavy atom. The largest absolute Gasteiger partial charge is 0.411 e. The monoisotopic (exact) mass is 404 g/mol. The van der Waals surface area contributed by atoms with Gasteiger partial charge in [-0.2, -0.15) is 0 Å². The highest BCUT2D eigenvalue weighted by Crippen LogP contribution is 2.29. The summed E-state index contributed by atoms with van der Waals surface area (Å²) in [6.45, 7) is 5.83. The molecular weight excluding hydrogens is 384 g/mol. The van der Waals surface area contributed by atoms with Crippen LogP contribution in [0.1, 0.15) is 28.7 Å². The molecule has 0 aliphatic heterocycles. The number of thioether (sulfide) groups is 1. The maximum atomic E-state index is 13.1. The molecule has 146 valence electrons. The second-order valence-corrected chi connectivity index (χ2v) is 7.99. The second-order valence-electron chi connectivity index (χ2n) is 6.69. The third-order valence-electron chi connectivity index (χ3n) is 4.67. The Bertz CT molecular complexity index is 1140. The van der Waals surface area contributed by atoms with Crippen molar-refractivity contribution < 1.29 is 9.21 Å². The number of para-hydroxylation sites is 1. The smallest absolute Gasteiger partial charge is 0.277 e. The number of ketones is 1. The van der Waals surface area contributed by atoms with Gasteiger partial charge in [-0.3, -0.25) is 9.78 Å². The highest BCUT2D eigenvalue weighted by Gasteiger charge is 2.24. The molecule has 3 heterocycles. The molecule has 3 aromatic heterocycles. The van der Waals surface area contributed by atoms with Gasteiger partial charge in [0, 0.05) is 35.0 Å². The molecule has 1 atom stereocenters. The molecule has 0 bridgehead atoms. The number of aromatic nitrogens is 4. The van der Waals surface area contributed by atoms with E-state index in [0.717, 1.165) is 22.6 Å². The molecule has 0 fully saturated rings. The summed E-state index contributed by atoms with van der Waals surface area (Å²) in [6.07, 6.45) is 3.34. The summed E-state index contributed by atoms with van der Waals surface area (Å²) < 4.78 is 7.79. The van der Waals surface area contributed by atoms with Crippen molar-refractivity contribution in [1.29, 1.82) is 0 Å². The molecule has 1 aromatic carbocycles.